The third-order valence-corrected chi connectivity index (χ3v) is 3.33. The van der Waals surface area contributed by atoms with Crippen LogP contribution in [0.1, 0.15) is 25.7 Å². The average molecular weight is 359 g/mol. The van der Waals surface area contributed by atoms with Gasteiger partial charge < -0.3 is 32.5 Å². The van der Waals surface area contributed by atoms with Crippen molar-refractivity contribution in [2.45, 2.75) is 43.8 Å². The maximum Gasteiger partial charge on any atom is 0.342 e. The molecule has 1 aliphatic heterocycles. The predicted octanol–water partition coefficient (Wildman–Crippen LogP) is -3.62. The molecule has 25 heavy (non-hydrogen) atoms. The number of nitrogens with zero attached hydrogens (tertiary/aromatic N) is 1. The number of rotatable bonds is 8. The van der Waals surface area contributed by atoms with Crippen LogP contribution in [0.15, 0.2) is 0 Å². The summed E-state index contributed by atoms with van der Waals surface area (Å²) < 4.78 is 4.58. The molecule has 3 atom stereocenters. The van der Waals surface area contributed by atoms with Gasteiger partial charge in [-0.15, -0.1) is 5.06 Å². The zero-order valence-corrected chi connectivity index (χ0v) is 13.4. The van der Waals surface area contributed by atoms with E-state index in [1.807, 2.05) is 0 Å². The van der Waals surface area contributed by atoms with Crippen LogP contribution in [0.3, 0.4) is 0 Å². The minimum absolute atomic E-state index is 0.205. The van der Waals surface area contributed by atoms with E-state index >= 15 is 0 Å². The summed E-state index contributed by atoms with van der Waals surface area (Å²) in [5.41, 5.74) is 20.7. The summed E-state index contributed by atoms with van der Waals surface area (Å²) in [5, 5.41) is 1.01. The first-order valence-electron chi connectivity index (χ1n) is 7.43. The second kappa shape index (κ2) is 9.05. The van der Waals surface area contributed by atoms with E-state index in [9.17, 15) is 24.0 Å². The first-order chi connectivity index (χ1) is 11.6. The molecule has 0 unspecified atom stereocenters. The van der Waals surface area contributed by atoms with Crippen molar-refractivity contribution in [1.29, 1.82) is 0 Å². The summed E-state index contributed by atoms with van der Waals surface area (Å²) in [6.07, 6.45) is -0.144. The fourth-order valence-corrected chi connectivity index (χ4v) is 2.11. The van der Waals surface area contributed by atoms with Crippen LogP contribution < -0.4 is 22.9 Å². The second-order valence-electron chi connectivity index (χ2n) is 5.50. The molecule has 0 radical (unpaired) electrons. The number of nitrogens with two attached hydrogens (primary N) is 4. The quantitative estimate of drug-likeness (QED) is 0.247. The summed E-state index contributed by atoms with van der Waals surface area (Å²) >= 11 is 0. The van der Waals surface area contributed by atoms with Crippen LogP contribution in [-0.4, -0.2) is 59.5 Å². The Balaban J connectivity index is 2.60. The highest BCUT2D eigenvalue weighted by Crippen LogP contribution is 2.19. The fourth-order valence-electron chi connectivity index (χ4n) is 2.11. The number of amides is 2. The summed E-state index contributed by atoms with van der Waals surface area (Å²) in [6.45, 7) is 0.205. The van der Waals surface area contributed by atoms with Gasteiger partial charge in [0.15, 0.2) is 0 Å². The lowest BCUT2D eigenvalue weighted by molar-refractivity contribution is -0.202. The van der Waals surface area contributed by atoms with Gasteiger partial charge in [-0.2, -0.15) is 0 Å². The van der Waals surface area contributed by atoms with E-state index in [4.69, 9.17) is 27.8 Å². The number of carbonyl (C=O) groups excluding carboxylic acids is 5. The van der Waals surface area contributed by atoms with E-state index in [1.165, 1.54) is 0 Å². The van der Waals surface area contributed by atoms with Crippen molar-refractivity contribution < 1.29 is 33.5 Å². The molecule has 12 heteroatoms. The maximum absolute atomic E-state index is 12.0. The van der Waals surface area contributed by atoms with Gasteiger partial charge in [0.25, 0.3) is 0 Å². The normalized spacial score (nSPS) is 19.7. The molecule has 0 aromatic heterocycles. The van der Waals surface area contributed by atoms with Gasteiger partial charge in [-0.1, -0.05) is 0 Å². The Morgan fingerprint density at radius 1 is 0.960 bits per heavy atom. The molecule has 0 bridgehead atoms. The van der Waals surface area contributed by atoms with Crippen LogP contribution >= 0.6 is 0 Å². The lowest BCUT2D eigenvalue weighted by atomic mass is 10.2. The summed E-state index contributed by atoms with van der Waals surface area (Å²) in [6, 6.07) is -3.68. The molecule has 1 rings (SSSR count). The predicted molar refractivity (Wildman–Crippen MR) is 80.5 cm³/mol. The Labute approximate surface area is 142 Å². The van der Waals surface area contributed by atoms with Crippen LogP contribution in [0.4, 0.5) is 0 Å². The second-order valence-corrected chi connectivity index (χ2v) is 5.50. The Morgan fingerprint density at radius 2 is 1.48 bits per heavy atom. The van der Waals surface area contributed by atoms with Gasteiger partial charge in [0, 0.05) is 6.54 Å². The highest BCUT2D eigenvalue weighted by Gasteiger charge is 2.37. The number of hydrogen-bond donors (Lipinski definition) is 4. The standard InChI is InChI=1S/C13H21N5O7/c14-6(4-9(16)19)11(21)24-13(23)8-2-1-3-18(8)25-12(22)7(15)5-10(17)20/h6-8H,1-5,14-15H2,(H2,16,19)(H2,17,20)/t6-,7-,8-/m0/s1. The Morgan fingerprint density at radius 3 is 2.00 bits per heavy atom. The molecule has 140 valence electrons. The van der Waals surface area contributed by atoms with Crippen LogP contribution in [0, 0.1) is 0 Å². The van der Waals surface area contributed by atoms with Gasteiger partial charge in [-0.05, 0) is 12.8 Å². The zero-order chi connectivity index (χ0) is 19.1. The number of esters is 2. The Hall–Kier alpha value is -2.57. The Kier molecular flexibility index (Phi) is 7.42. The minimum Gasteiger partial charge on any atom is -0.391 e. The topological polar surface area (TPSA) is 211 Å². The van der Waals surface area contributed by atoms with Gasteiger partial charge in [-0.3, -0.25) is 9.59 Å². The molecule has 0 saturated carbocycles. The van der Waals surface area contributed by atoms with Crippen molar-refractivity contribution in [3.05, 3.63) is 0 Å². The molecule has 1 fully saturated rings. The summed E-state index contributed by atoms with van der Waals surface area (Å²) in [7, 11) is 0. The number of hydroxylamine groups is 2. The molecule has 1 saturated heterocycles. The molecule has 0 aliphatic carbocycles. The van der Waals surface area contributed by atoms with E-state index in [-0.39, 0.29) is 13.0 Å². The molecule has 1 aliphatic rings. The van der Waals surface area contributed by atoms with E-state index in [0.717, 1.165) is 5.06 Å². The smallest absolute Gasteiger partial charge is 0.342 e. The molecule has 8 N–H and O–H groups in total. The van der Waals surface area contributed by atoms with Crippen molar-refractivity contribution in [3.8, 4) is 0 Å². The monoisotopic (exact) mass is 359 g/mol. The molecule has 1 heterocycles. The van der Waals surface area contributed by atoms with Crippen LogP contribution in [0.2, 0.25) is 0 Å². The van der Waals surface area contributed by atoms with E-state index < -0.39 is 60.7 Å². The third kappa shape index (κ3) is 6.45. The highest BCUT2D eigenvalue weighted by molar-refractivity contribution is 5.93. The lowest BCUT2D eigenvalue weighted by Gasteiger charge is -2.23. The summed E-state index contributed by atoms with van der Waals surface area (Å²) in [5.74, 6) is -4.66. The van der Waals surface area contributed by atoms with Gasteiger partial charge in [0.1, 0.15) is 18.1 Å². The Bertz CT molecular complexity index is 567. The number of primary amides is 2. The molecule has 0 aromatic rings. The van der Waals surface area contributed by atoms with Crippen LogP contribution in [0.25, 0.3) is 0 Å². The molecular weight excluding hydrogens is 338 g/mol. The first kappa shape index (κ1) is 20.5. The largest absolute Gasteiger partial charge is 0.391 e. The van der Waals surface area contributed by atoms with Gasteiger partial charge in [0.2, 0.25) is 11.8 Å². The van der Waals surface area contributed by atoms with E-state index in [1.54, 1.807) is 0 Å². The maximum atomic E-state index is 12.0. The van der Waals surface area contributed by atoms with Gasteiger partial charge >= 0.3 is 17.9 Å². The first-order valence-corrected chi connectivity index (χ1v) is 7.43. The third-order valence-electron chi connectivity index (χ3n) is 3.33. The molecule has 2 amide bonds. The summed E-state index contributed by atoms with van der Waals surface area (Å²) in [4.78, 5) is 61.8. The number of ether oxygens (including phenoxy) is 1. The van der Waals surface area contributed by atoms with Crippen LogP contribution in [-0.2, 0) is 33.5 Å². The van der Waals surface area contributed by atoms with Gasteiger partial charge in [-0.25, -0.2) is 14.4 Å². The van der Waals surface area contributed by atoms with E-state index in [2.05, 4.69) is 4.74 Å². The molecule has 0 spiro atoms. The number of carbonyl (C=O) groups is 5. The fraction of sp³-hybridized carbons (Fsp3) is 0.615. The van der Waals surface area contributed by atoms with Crippen LogP contribution in [0.5, 0.6) is 0 Å². The SMILES string of the molecule is NC(=O)C[C@H](N)C(=O)OC(=O)[C@@H]1CCCN1OC(=O)[C@@H](N)CC(N)=O. The minimum atomic E-state index is -1.37. The van der Waals surface area contributed by atoms with Crippen molar-refractivity contribution in [1.82, 2.24) is 5.06 Å². The molecule has 12 nitrogen and oxygen atoms in total. The average Bonchev–Trinajstić information content (AvgIpc) is 2.93. The van der Waals surface area contributed by atoms with Gasteiger partial charge in [0.05, 0.1) is 12.8 Å². The van der Waals surface area contributed by atoms with Crippen molar-refractivity contribution >= 4 is 29.7 Å². The zero-order valence-electron chi connectivity index (χ0n) is 13.4. The molecule has 0 aromatic carbocycles. The van der Waals surface area contributed by atoms with Crippen molar-refractivity contribution in [3.63, 3.8) is 0 Å². The number of hydrogen-bond acceptors (Lipinski definition) is 10. The molecular formula is C13H21N5O7. The lowest BCUT2D eigenvalue weighted by Crippen LogP contribution is -2.46. The van der Waals surface area contributed by atoms with Crippen molar-refractivity contribution in [2.75, 3.05) is 6.54 Å². The van der Waals surface area contributed by atoms with E-state index in [0.29, 0.717) is 6.42 Å². The van der Waals surface area contributed by atoms with Crippen molar-refractivity contribution in [2.24, 2.45) is 22.9 Å². The highest BCUT2D eigenvalue weighted by atomic mass is 16.7.